The Balaban J connectivity index is 2.43. The van der Waals surface area contributed by atoms with E-state index >= 15 is 0 Å². The number of likely N-dealkylation sites (N-methyl/N-ethyl adjacent to an activating group) is 1. The average Bonchev–Trinajstić information content (AvgIpc) is 2.28. The van der Waals surface area contributed by atoms with Crippen LogP contribution in [0.4, 0.5) is 10.1 Å². The van der Waals surface area contributed by atoms with Gasteiger partial charge in [-0.2, -0.15) is 0 Å². The Hall–Kier alpha value is -1.95. The Kier molecular flexibility index (Phi) is 5.26. The molecule has 0 unspecified atom stereocenters. The highest BCUT2D eigenvalue weighted by Crippen LogP contribution is 2.08. The molecule has 0 aliphatic rings. The summed E-state index contributed by atoms with van der Waals surface area (Å²) in [4.78, 5) is 24.7. The van der Waals surface area contributed by atoms with E-state index in [1.54, 1.807) is 0 Å². The summed E-state index contributed by atoms with van der Waals surface area (Å²) in [6, 6.07) is 5.36. The van der Waals surface area contributed by atoms with E-state index in [-0.39, 0.29) is 5.69 Å². The number of halogens is 1. The predicted octanol–water partition coefficient (Wildman–Crippen LogP) is 0.442. The number of hydrogen-bond acceptors (Lipinski definition) is 3. The number of amides is 2. The highest BCUT2D eigenvalue weighted by atomic mass is 19.1. The molecule has 0 spiro atoms. The van der Waals surface area contributed by atoms with Crippen molar-refractivity contribution in [1.82, 2.24) is 10.2 Å². The van der Waals surface area contributed by atoms with Gasteiger partial charge in [0.1, 0.15) is 5.82 Å². The normalized spacial score (nSPS) is 10.2. The molecule has 0 atom stereocenters. The zero-order valence-corrected chi connectivity index (χ0v) is 10.4. The van der Waals surface area contributed by atoms with Crippen LogP contribution in [-0.2, 0) is 9.59 Å². The van der Waals surface area contributed by atoms with Crippen LogP contribution in [0.1, 0.15) is 0 Å². The minimum atomic E-state index is -0.806. The standard InChI is InChI=1S/C12H16FN3O2/c1-16(2)7-6-14-11(17)12(18)15-10-5-3-4-9(13)8-10/h3-5,8H,6-7H2,1-2H3,(H,14,17)(H,15,18). The summed E-state index contributed by atoms with van der Waals surface area (Å²) in [5.74, 6) is -2.01. The molecule has 0 saturated carbocycles. The fourth-order valence-electron chi connectivity index (χ4n) is 1.23. The van der Waals surface area contributed by atoms with Crippen LogP contribution in [0.25, 0.3) is 0 Å². The molecule has 0 radical (unpaired) electrons. The zero-order valence-electron chi connectivity index (χ0n) is 10.4. The van der Waals surface area contributed by atoms with Gasteiger partial charge in [-0.25, -0.2) is 4.39 Å². The van der Waals surface area contributed by atoms with Crippen molar-refractivity contribution in [3.05, 3.63) is 30.1 Å². The first-order valence-electron chi connectivity index (χ1n) is 5.48. The smallest absolute Gasteiger partial charge is 0.313 e. The maximum absolute atomic E-state index is 12.9. The van der Waals surface area contributed by atoms with Crippen LogP contribution in [0.2, 0.25) is 0 Å². The topological polar surface area (TPSA) is 61.4 Å². The molecule has 0 aliphatic heterocycles. The molecule has 1 aromatic carbocycles. The highest BCUT2D eigenvalue weighted by molar-refractivity contribution is 6.39. The molecule has 98 valence electrons. The monoisotopic (exact) mass is 253 g/mol. The summed E-state index contributed by atoms with van der Waals surface area (Å²) in [7, 11) is 3.72. The minimum absolute atomic E-state index is 0.253. The van der Waals surface area contributed by atoms with Crippen molar-refractivity contribution in [1.29, 1.82) is 0 Å². The van der Waals surface area contributed by atoms with Crippen LogP contribution in [0.15, 0.2) is 24.3 Å². The van der Waals surface area contributed by atoms with E-state index in [0.29, 0.717) is 13.1 Å². The number of benzene rings is 1. The van der Waals surface area contributed by atoms with Gasteiger partial charge in [-0.3, -0.25) is 9.59 Å². The quantitative estimate of drug-likeness (QED) is 0.766. The molecule has 18 heavy (non-hydrogen) atoms. The first-order chi connectivity index (χ1) is 8.49. The largest absolute Gasteiger partial charge is 0.347 e. The molecular formula is C12H16FN3O2. The van der Waals surface area contributed by atoms with Gasteiger partial charge in [-0.1, -0.05) is 6.07 Å². The molecule has 5 nitrogen and oxygen atoms in total. The number of anilines is 1. The highest BCUT2D eigenvalue weighted by Gasteiger charge is 2.13. The molecule has 6 heteroatoms. The maximum Gasteiger partial charge on any atom is 0.313 e. The molecule has 0 aliphatic carbocycles. The first-order valence-corrected chi connectivity index (χ1v) is 5.48. The van der Waals surface area contributed by atoms with Crippen molar-refractivity contribution in [3.63, 3.8) is 0 Å². The lowest BCUT2D eigenvalue weighted by molar-refractivity contribution is -0.136. The lowest BCUT2D eigenvalue weighted by atomic mass is 10.3. The van der Waals surface area contributed by atoms with Gasteiger partial charge in [-0.15, -0.1) is 0 Å². The number of carbonyl (C=O) groups excluding carboxylic acids is 2. The third-order valence-corrected chi connectivity index (χ3v) is 2.13. The second-order valence-electron chi connectivity index (χ2n) is 4.02. The van der Waals surface area contributed by atoms with E-state index in [4.69, 9.17) is 0 Å². The second-order valence-corrected chi connectivity index (χ2v) is 4.02. The van der Waals surface area contributed by atoms with Crippen LogP contribution in [0.5, 0.6) is 0 Å². The molecule has 0 bridgehead atoms. The predicted molar refractivity (Wildman–Crippen MR) is 66.6 cm³/mol. The minimum Gasteiger partial charge on any atom is -0.347 e. The number of rotatable bonds is 4. The summed E-state index contributed by atoms with van der Waals surface area (Å²) < 4.78 is 12.9. The van der Waals surface area contributed by atoms with Crippen molar-refractivity contribution >= 4 is 17.5 Å². The number of nitrogens with zero attached hydrogens (tertiary/aromatic N) is 1. The average molecular weight is 253 g/mol. The molecule has 0 aromatic heterocycles. The molecule has 2 amide bonds. The van der Waals surface area contributed by atoms with Crippen molar-refractivity contribution in [2.45, 2.75) is 0 Å². The Labute approximate surface area is 105 Å². The Morgan fingerprint density at radius 2 is 2.00 bits per heavy atom. The van der Waals surface area contributed by atoms with E-state index in [0.717, 1.165) is 6.07 Å². The van der Waals surface area contributed by atoms with Crippen LogP contribution in [-0.4, -0.2) is 43.9 Å². The van der Waals surface area contributed by atoms with Gasteiger partial charge in [0.05, 0.1) is 0 Å². The molecule has 0 heterocycles. The summed E-state index contributed by atoms with van der Waals surface area (Å²) in [5.41, 5.74) is 0.253. The van der Waals surface area contributed by atoms with Gasteiger partial charge in [0, 0.05) is 18.8 Å². The second kappa shape index (κ2) is 6.70. The molecule has 1 aromatic rings. The van der Waals surface area contributed by atoms with Crippen LogP contribution < -0.4 is 10.6 Å². The van der Waals surface area contributed by atoms with Gasteiger partial charge in [-0.05, 0) is 32.3 Å². The van der Waals surface area contributed by atoms with Gasteiger partial charge in [0.25, 0.3) is 0 Å². The lowest BCUT2D eigenvalue weighted by Crippen LogP contribution is -2.38. The van der Waals surface area contributed by atoms with Gasteiger partial charge >= 0.3 is 11.8 Å². The van der Waals surface area contributed by atoms with Crippen molar-refractivity contribution in [2.24, 2.45) is 0 Å². The van der Waals surface area contributed by atoms with Crippen LogP contribution in [0.3, 0.4) is 0 Å². The molecule has 1 rings (SSSR count). The third-order valence-electron chi connectivity index (χ3n) is 2.13. The summed E-state index contributed by atoms with van der Waals surface area (Å²) in [6.07, 6.45) is 0. The van der Waals surface area contributed by atoms with E-state index in [9.17, 15) is 14.0 Å². The van der Waals surface area contributed by atoms with E-state index in [2.05, 4.69) is 10.6 Å². The summed E-state index contributed by atoms with van der Waals surface area (Å²) in [6.45, 7) is 1.02. The maximum atomic E-state index is 12.9. The molecule has 0 saturated heterocycles. The van der Waals surface area contributed by atoms with Gasteiger partial charge in [0.2, 0.25) is 0 Å². The SMILES string of the molecule is CN(C)CCNC(=O)C(=O)Nc1cccc(F)c1. The lowest BCUT2D eigenvalue weighted by Gasteiger charge is -2.10. The Morgan fingerprint density at radius 3 is 2.61 bits per heavy atom. The molecular weight excluding hydrogens is 237 g/mol. The van der Waals surface area contributed by atoms with E-state index in [1.807, 2.05) is 19.0 Å². The van der Waals surface area contributed by atoms with Crippen LogP contribution >= 0.6 is 0 Å². The zero-order chi connectivity index (χ0) is 13.5. The van der Waals surface area contributed by atoms with E-state index < -0.39 is 17.6 Å². The van der Waals surface area contributed by atoms with Crippen molar-refractivity contribution in [3.8, 4) is 0 Å². The van der Waals surface area contributed by atoms with Crippen molar-refractivity contribution in [2.75, 3.05) is 32.5 Å². The van der Waals surface area contributed by atoms with Gasteiger partial charge in [0.15, 0.2) is 0 Å². The fraction of sp³-hybridized carbons (Fsp3) is 0.333. The van der Waals surface area contributed by atoms with Crippen molar-refractivity contribution < 1.29 is 14.0 Å². The summed E-state index contributed by atoms with van der Waals surface area (Å²) in [5, 5.41) is 4.78. The van der Waals surface area contributed by atoms with E-state index in [1.165, 1.54) is 18.2 Å². The first kappa shape index (κ1) is 14.1. The molecule has 2 N–H and O–H groups in total. The summed E-state index contributed by atoms with van der Waals surface area (Å²) >= 11 is 0. The Morgan fingerprint density at radius 1 is 1.28 bits per heavy atom. The Bertz CT molecular complexity index is 435. The van der Waals surface area contributed by atoms with Gasteiger partial charge < -0.3 is 15.5 Å². The number of hydrogen-bond donors (Lipinski definition) is 2. The molecule has 0 fully saturated rings. The number of carbonyl (C=O) groups is 2. The third kappa shape index (κ3) is 4.92. The number of nitrogens with one attached hydrogen (secondary N) is 2. The fourth-order valence-corrected chi connectivity index (χ4v) is 1.23. The van der Waals surface area contributed by atoms with Crippen LogP contribution in [0, 0.1) is 5.82 Å².